The van der Waals surface area contributed by atoms with Gasteiger partial charge in [0, 0.05) is 38.0 Å². The molecule has 2 aromatic carbocycles. The Morgan fingerprint density at radius 3 is 2.06 bits per heavy atom. The van der Waals surface area contributed by atoms with E-state index in [0.29, 0.717) is 24.2 Å². The minimum Gasteiger partial charge on any atom is -0.367 e. The first-order valence-corrected chi connectivity index (χ1v) is 13.3. The predicted molar refractivity (Wildman–Crippen MR) is 135 cm³/mol. The van der Waals surface area contributed by atoms with E-state index in [1.807, 2.05) is 18.2 Å². The van der Waals surface area contributed by atoms with E-state index < -0.39 is 0 Å². The molecule has 4 saturated carbocycles. The summed E-state index contributed by atoms with van der Waals surface area (Å²) in [4.78, 5) is 18.3. The molecule has 1 aliphatic heterocycles. The summed E-state index contributed by atoms with van der Waals surface area (Å²) in [7, 11) is 0. The lowest BCUT2D eigenvalue weighted by Crippen LogP contribution is -2.60. The van der Waals surface area contributed by atoms with Crippen molar-refractivity contribution >= 4 is 23.2 Å². The molecule has 174 valence electrons. The number of anilines is 1. The van der Waals surface area contributed by atoms with Gasteiger partial charge in [-0.05, 0) is 73.0 Å². The van der Waals surface area contributed by atoms with Crippen LogP contribution in [0.5, 0.6) is 0 Å². The third kappa shape index (κ3) is 3.50. The lowest BCUT2D eigenvalue weighted by Gasteiger charge is -2.64. The standard InChI is InChI=1S/C29H35ClN2O/c1-20-21-15-24-17-22(20)18-25(16-21)29(24,23-7-3-2-4-8-23)19-28(33)32-13-11-31(12-14-32)27-10-6-5-9-26(27)30/h2-10,20-22,24-25H,11-19H2,1H3. The molecule has 5 fully saturated rings. The van der Waals surface area contributed by atoms with Gasteiger partial charge in [-0.25, -0.2) is 0 Å². The Morgan fingerprint density at radius 2 is 1.45 bits per heavy atom. The Bertz CT molecular complexity index is 983. The highest BCUT2D eigenvalue weighted by Gasteiger charge is 2.60. The fourth-order valence-electron chi connectivity index (χ4n) is 8.14. The second kappa shape index (κ2) is 8.34. The minimum absolute atomic E-state index is 0.0331. The fourth-order valence-corrected chi connectivity index (χ4v) is 8.40. The Hall–Kier alpha value is -2.00. The molecule has 4 bridgehead atoms. The molecule has 0 aromatic heterocycles. The minimum atomic E-state index is 0.0331. The maximum absolute atomic E-state index is 13.8. The van der Waals surface area contributed by atoms with E-state index in [1.165, 1.54) is 31.2 Å². The number of amides is 1. The zero-order valence-electron chi connectivity index (χ0n) is 19.6. The first-order chi connectivity index (χ1) is 16.1. The Balaban J connectivity index is 1.22. The highest BCUT2D eigenvalue weighted by Crippen LogP contribution is 2.65. The van der Waals surface area contributed by atoms with Crippen molar-refractivity contribution in [2.24, 2.45) is 29.6 Å². The van der Waals surface area contributed by atoms with Gasteiger partial charge in [0.05, 0.1) is 10.7 Å². The van der Waals surface area contributed by atoms with Crippen LogP contribution in [-0.4, -0.2) is 37.0 Å². The lowest BCUT2D eigenvalue weighted by atomic mass is 9.41. The predicted octanol–water partition coefficient (Wildman–Crippen LogP) is 6.02. The number of carbonyl (C=O) groups excluding carboxylic acids is 1. The van der Waals surface area contributed by atoms with Crippen LogP contribution < -0.4 is 4.90 Å². The topological polar surface area (TPSA) is 23.6 Å². The van der Waals surface area contributed by atoms with Crippen molar-refractivity contribution in [1.82, 2.24) is 4.90 Å². The summed E-state index contributed by atoms with van der Waals surface area (Å²) >= 11 is 6.43. The van der Waals surface area contributed by atoms with E-state index in [9.17, 15) is 4.79 Å². The molecule has 33 heavy (non-hydrogen) atoms. The molecule has 0 unspecified atom stereocenters. The van der Waals surface area contributed by atoms with Crippen molar-refractivity contribution < 1.29 is 4.79 Å². The molecule has 5 aliphatic rings. The molecule has 4 heteroatoms. The summed E-state index contributed by atoms with van der Waals surface area (Å²) in [5, 5.41) is 0.795. The second-order valence-electron chi connectivity index (χ2n) is 11.1. The monoisotopic (exact) mass is 462 g/mol. The Labute approximate surface area is 203 Å². The van der Waals surface area contributed by atoms with Gasteiger partial charge in [0.25, 0.3) is 0 Å². The summed E-state index contributed by atoms with van der Waals surface area (Å²) in [6.45, 7) is 5.75. The number of nitrogens with zero attached hydrogens (tertiary/aromatic N) is 2. The van der Waals surface area contributed by atoms with Crippen molar-refractivity contribution in [3.05, 3.63) is 65.2 Å². The van der Waals surface area contributed by atoms with E-state index in [4.69, 9.17) is 11.6 Å². The fraction of sp³-hybridized carbons (Fsp3) is 0.552. The summed E-state index contributed by atoms with van der Waals surface area (Å²) in [6.07, 6.45) is 5.95. The van der Waals surface area contributed by atoms with Crippen LogP contribution in [0.25, 0.3) is 0 Å². The van der Waals surface area contributed by atoms with Crippen LogP contribution in [0.2, 0.25) is 5.02 Å². The van der Waals surface area contributed by atoms with Crippen LogP contribution in [0.4, 0.5) is 5.69 Å². The van der Waals surface area contributed by atoms with Crippen LogP contribution >= 0.6 is 11.6 Å². The van der Waals surface area contributed by atoms with E-state index >= 15 is 0 Å². The van der Waals surface area contributed by atoms with Crippen LogP contribution in [-0.2, 0) is 10.2 Å². The van der Waals surface area contributed by atoms with Crippen LogP contribution in [0.1, 0.15) is 44.6 Å². The van der Waals surface area contributed by atoms with Crippen LogP contribution in [0.15, 0.2) is 54.6 Å². The van der Waals surface area contributed by atoms with Gasteiger partial charge in [-0.15, -0.1) is 0 Å². The van der Waals surface area contributed by atoms with Crippen molar-refractivity contribution in [1.29, 1.82) is 0 Å². The van der Waals surface area contributed by atoms with Gasteiger partial charge < -0.3 is 9.80 Å². The molecular formula is C29H35ClN2O. The summed E-state index contributed by atoms with van der Waals surface area (Å²) in [6, 6.07) is 19.1. The van der Waals surface area contributed by atoms with Crippen molar-refractivity contribution in [2.75, 3.05) is 31.1 Å². The number of benzene rings is 2. The van der Waals surface area contributed by atoms with Gasteiger partial charge in [0.1, 0.15) is 0 Å². The number of hydrogen-bond donors (Lipinski definition) is 0. The maximum Gasteiger partial charge on any atom is 0.223 e. The average molecular weight is 463 g/mol. The zero-order chi connectivity index (χ0) is 22.6. The van der Waals surface area contributed by atoms with Gasteiger partial charge in [-0.3, -0.25) is 4.79 Å². The number of halogens is 1. The van der Waals surface area contributed by atoms with E-state index in [2.05, 4.69) is 53.1 Å². The van der Waals surface area contributed by atoms with Gasteiger partial charge in [0.15, 0.2) is 0 Å². The lowest BCUT2D eigenvalue weighted by molar-refractivity contribution is -0.142. The number of para-hydroxylation sites is 1. The van der Waals surface area contributed by atoms with Gasteiger partial charge >= 0.3 is 0 Å². The third-order valence-electron chi connectivity index (χ3n) is 9.87. The first-order valence-electron chi connectivity index (χ1n) is 12.9. The number of rotatable bonds is 4. The number of hydrogen-bond acceptors (Lipinski definition) is 2. The quantitative estimate of drug-likeness (QED) is 0.554. The summed E-state index contributed by atoms with van der Waals surface area (Å²) < 4.78 is 0. The molecule has 1 amide bonds. The Morgan fingerprint density at radius 1 is 0.879 bits per heavy atom. The molecule has 7 rings (SSSR count). The molecule has 0 radical (unpaired) electrons. The molecule has 2 aromatic rings. The smallest absolute Gasteiger partial charge is 0.223 e. The maximum atomic E-state index is 13.8. The van der Waals surface area contributed by atoms with E-state index in [0.717, 1.165) is 54.6 Å². The Kier molecular flexibility index (Phi) is 5.44. The molecule has 1 saturated heterocycles. The number of carbonyl (C=O) groups is 1. The van der Waals surface area contributed by atoms with Crippen LogP contribution in [0.3, 0.4) is 0 Å². The summed E-state index contributed by atoms with van der Waals surface area (Å²) in [5.41, 5.74) is 2.54. The molecule has 4 aliphatic carbocycles. The van der Waals surface area contributed by atoms with Gasteiger partial charge in [-0.1, -0.05) is 61.0 Å². The molecule has 1 heterocycles. The van der Waals surface area contributed by atoms with Gasteiger partial charge in [-0.2, -0.15) is 0 Å². The first kappa shape index (κ1) is 21.5. The molecule has 0 N–H and O–H groups in total. The van der Waals surface area contributed by atoms with Crippen molar-refractivity contribution in [3.63, 3.8) is 0 Å². The molecule has 3 nitrogen and oxygen atoms in total. The zero-order valence-corrected chi connectivity index (χ0v) is 20.4. The SMILES string of the molecule is CC1C2CC3CC1CC(C2)C3(CC(=O)N1CCN(c2ccccc2Cl)CC1)c1ccccc1. The molecule has 0 spiro atoms. The average Bonchev–Trinajstić information content (AvgIpc) is 2.84. The van der Waals surface area contributed by atoms with Crippen LogP contribution in [0, 0.1) is 29.6 Å². The van der Waals surface area contributed by atoms with Gasteiger partial charge in [0.2, 0.25) is 5.91 Å². The molecule has 0 atom stereocenters. The van der Waals surface area contributed by atoms with E-state index in [1.54, 1.807) is 0 Å². The van der Waals surface area contributed by atoms with Crippen molar-refractivity contribution in [3.8, 4) is 0 Å². The van der Waals surface area contributed by atoms with E-state index in [-0.39, 0.29) is 5.41 Å². The highest BCUT2D eigenvalue weighted by molar-refractivity contribution is 6.33. The largest absolute Gasteiger partial charge is 0.367 e. The molecular weight excluding hydrogens is 428 g/mol. The second-order valence-corrected chi connectivity index (χ2v) is 11.5. The summed E-state index contributed by atoms with van der Waals surface area (Å²) in [5.74, 6) is 4.30. The highest BCUT2D eigenvalue weighted by atomic mass is 35.5. The third-order valence-corrected chi connectivity index (χ3v) is 10.2. The normalized spacial score (nSPS) is 35.2. The number of piperazine rings is 1. The van der Waals surface area contributed by atoms with Crippen molar-refractivity contribution in [2.45, 2.75) is 44.4 Å².